The van der Waals surface area contributed by atoms with Gasteiger partial charge in [0.1, 0.15) is 5.75 Å². The molecular formula is C23H20ClN3O2. The summed E-state index contributed by atoms with van der Waals surface area (Å²) in [5.41, 5.74) is 1.80. The molecule has 0 fully saturated rings. The van der Waals surface area contributed by atoms with Crippen LogP contribution in [0.2, 0.25) is 5.02 Å². The zero-order chi connectivity index (χ0) is 20.2. The number of nitrogens with zero attached hydrogens (tertiary/aromatic N) is 3. The molecule has 4 rings (SSSR count). The minimum absolute atomic E-state index is 0.0166. The van der Waals surface area contributed by atoms with E-state index in [1.807, 2.05) is 72.9 Å². The van der Waals surface area contributed by atoms with Crippen molar-refractivity contribution in [1.29, 1.82) is 0 Å². The van der Waals surface area contributed by atoms with Crippen molar-refractivity contribution in [1.82, 2.24) is 14.7 Å². The molecule has 0 radical (unpaired) electrons. The van der Waals surface area contributed by atoms with Crippen molar-refractivity contribution in [3.05, 3.63) is 89.7 Å². The molecule has 0 atom stereocenters. The van der Waals surface area contributed by atoms with Gasteiger partial charge in [-0.1, -0.05) is 48.0 Å². The van der Waals surface area contributed by atoms with Crippen molar-refractivity contribution in [2.75, 3.05) is 13.7 Å². The van der Waals surface area contributed by atoms with Gasteiger partial charge < -0.3 is 9.64 Å². The molecule has 1 heterocycles. The van der Waals surface area contributed by atoms with E-state index in [1.165, 1.54) is 0 Å². The summed E-state index contributed by atoms with van der Waals surface area (Å²) in [6, 6.07) is 21.3. The zero-order valence-corrected chi connectivity index (χ0v) is 16.7. The third kappa shape index (κ3) is 4.58. The van der Waals surface area contributed by atoms with E-state index < -0.39 is 0 Å². The highest BCUT2D eigenvalue weighted by Crippen LogP contribution is 2.20. The maximum absolute atomic E-state index is 12.5. The molecule has 3 aromatic carbocycles. The second-order valence-corrected chi connectivity index (χ2v) is 7.26. The Balaban J connectivity index is 1.35. The molecule has 6 heteroatoms. The number of hydrogen-bond donors (Lipinski definition) is 0. The Morgan fingerprint density at radius 2 is 1.90 bits per heavy atom. The lowest BCUT2D eigenvalue weighted by atomic mass is 10.1. The highest BCUT2D eigenvalue weighted by atomic mass is 35.5. The first-order chi connectivity index (χ1) is 14.1. The molecule has 4 aromatic rings. The van der Waals surface area contributed by atoms with Crippen molar-refractivity contribution in [2.24, 2.45) is 0 Å². The quantitative estimate of drug-likeness (QED) is 0.466. The molecule has 1 aromatic heterocycles. The maximum atomic E-state index is 12.5. The number of rotatable bonds is 6. The van der Waals surface area contributed by atoms with Crippen LogP contribution in [0.5, 0.6) is 5.75 Å². The predicted molar refractivity (Wildman–Crippen MR) is 114 cm³/mol. The summed E-state index contributed by atoms with van der Waals surface area (Å²) in [5.74, 6) is 0.577. The molecule has 0 bridgehead atoms. The molecule has 0 spiro atoms. The Morgan fingerprint density at radius 3 is 2.72 bits per heavy atom. The number of hydrogen-bond acceptors (Lipinski definition) is 3. The molecule has 0 aliphatic rings. The van der Waals surface area contributed by atoms with Gasteiger partial charge in [0.25, 0.3) is 5.91 Å². The summed E-state index contributed by atoms with van der Waals surface area (Å²) in [7, 11) is 1.75. The molecule has 0 aliphatic carbocycles. The number of benzene rings is 3. The molecule has 1 amide bonds. The second-order valence-electron chi connectivity index (χ2n) is 6.82. The average molecular weight is 406 g/mol. The summed E-state index contributed by atoms with van der Waals surface area (Å²) in [6.45, 7) is 0.428. The lowest BCUT2D eigenvalue weighted by molar-refractivity contribution is -0.132. The van der Waals surface area contributed by atoms with Gasteiger partial charge in [0.15, 0.2) is 6.61 Å². The van der Waals surface area contributed by atoms with Gasteiger partial charge in [-0.2, -0.15) is 5.10 Å². The fourth-order valence-corrected chi connectivity index (χ4v) is 3.26. The van der Waals surface area contributed by atoms with Crippen molar-refractivity contribution in [2.45, 2.75) is 6.54 Å². The van der Waals surface area contributed by atoms with Gasteiger partial charge in [0.2, 0.25) is 0 Å². The minimum Gasteiger partial charge on any atom is -0.484 e. The first-order valence-corrected chi connectivity index (χ1v) is 9.61. The van der Waals surface area contributed by atoms with Crippen molar-refractivity contribution < 1.29 is 9.53 Å². The number of likely N-dealkylation sites (N-methyl/N-ethyl adjacent to an activating group) is 1. The Labute approximate surface area is 174 Å². The summed E-state index contributed by atoms with van der Waals surface area (Å²) < 4.78 is 7.44. The third-order valence-electron chi connectivity index (χ3n) is 4.64. The Kier molecular flexibility index (Phi) is 5.49. The normalized spacial score (nSPS) is 10.8. The van der Waals surface area contributed by atoms with Crippen LogP contribution < -0.4 is 4.74 Å². The van der Waals surface area contributed by atoms with Crippen LogP contribution in [0.1, 0.15) is 5.56 Å². The van der Waals surface area contributed by atoms with Crippen molar-refractivity contribution >= 4 is 28.3 Å². The summed E-state index contributed by atoms with van der Waals surface area (Å²) in [4.78, 5) is 14.1. The number of carbonyl (C=O) groups is 1. The Bertz CT molecular complexity index is 1160. The van der Waals surface area contributed by atoms with Gasteiger partial charge in [0, 0.05) is 30.4 Å². The highest BCUT2D eigenvalue weighted by molar-refractivity contribution is 6.30. The number of aromatic nitrogens is 2. The van der Waals surface area contributed by atoms with Gasteiger partial charge in [-0.05, 0) is 41.1 Å². The minimum atomic E-state index is -0.103. The smallest absolute Gasteiger partial charge is 0.260 e. The van der Waals surface area contributed by atoms with Gasteiger partial charge in [0.05, 0.1) is 11.9 Å². The maximum Gasteiger partial charge on any atom is 0.260 e. The van der Waals surface area contributed by atoms with E-state index in [-0.39, 0.29) is 12.5 Å². The molecule has 0 aliphatic heterocycles. The van der Waals surface area contributed by atoms with Crippen LogP contribution in [-0.4, -0.2) is 34.2 Å². The predicted octanol–water partition coefficient (Wildman–Crippen LogP) is 4.72. The van der Waals surface area contributed by atoms with E-state index in [1.54, 1.807) is 22.8 Å². The third-order valence-corrected chi connectivity index (χ3v) is 4.87. The van der Waals surface area contributed by atoms with Crippen molar-refractivity contribution in [3.8, 4) is 11.4 Å². The SMILES string of the molecule is CN(Cc1cnn(-c2cccc(Cl)c2)c1)C(=O)COc1ccc2ccccc2c1. The Morgan fingerprint density at radius 1 is 1.07 bits per heavy atom. The number of fused-ring (bicyclic) bond motifs is 1. The average Bonchev–Trinajstić information content (AvgIpc) is 3.20. The van der Waals surface area contributed by atoms with Crippen LogP contribution in [0.3, 0.4) is 0 Å². The monoisotopic (exact) mass is 405 g/mol. The van der Waals surface area contributed by atoms with E-state index in [0.717, 1.165) is 22.0 Å². The van der Waals surface area contributed by atoms with Gasteiger partial charge >= 0.3 is 0 Å². The fourth-order valence-electron chi connectivity index (χ4n) is 3.08. The standard InChI is InChI=1S/C23H20ClN3O2/c1-26(14-17-13-25-27(15-17)21-8-4-7-20(24)12-21)23(28)16-29-22-10-9-18-5-2-3-6-19(18)11-22/h2-13,15H,14,16H2,1H3. The first-order valence-electron chi connectivity index (χ1n) is 9.23. The van der Waals surface area contributed by atoms with E-state index in [4.69, 9.17) is 16.3 Å². The second kappa shape index (κ2) is 8.37. The van der Waals surface area contributed by atoms with Gasteiger partial charge in [-0.25, -0.2) is 4.68 Å². The van der Waals surface area contributed by atoms with Crippen molar-refractivity contribution in [3.63, 3.8) is 0 Å². The number of halogens is 1. The topological polar surface area (TPSA) is 47.4 Å². The lowest BCUT2D eigenvalue weighted by Gasteiger charge is -2.16. The molecule has 0 unspecified atom stereocenters. The van der Waals surface area contributed by atoms with Crippen LogP contribution in [0.25, 0.3) is 16.5 Å². The van der Waals surface area contributed by atoms with Crippen LogP contribution in [0.4, 0.5) is 0 Å². The largest absolute Gasteiger partial charge is 0.484 e. The first kappa shape index (κ1) is 19.0. The number of ether oxygens (including phenoxy) is 1. The molecule has 0 saturated carbocycles. The lowest BCUT2D eigenvalue weighted by Crippen LogP contribution is -2.30. The van der Waals surface area contributed by atoms with E-state index in [9.17, 15) is 4.79 Å². The zero-order valence-electron chi connectivity index (χ0n) is 16.0. The molecule has 0 saturated heterocycles. The number of carbonyl (C=O) groups excluding carboxylic acids is 1. The molecule has 146 valence electrons. The highest BCUT2D eigenvalue weighted by Gasteiger charge is 2.12. The van der Waals surface area contributed by atoms with E-state index >= 15 is 0 Å². The summed E-state index contributed by atoms with van der Waals surface area (Å²) in [5, 5.41) is 7.22. The molecule has 0 N–H and O–H groups in total. The molecule has 5 nitrogen and oxygen atoms in total. The van der Waals surface area contributed by atoms with Crippen LogP contribution >= 0.6 is 11.6 Å². The van der Waals surface area contributed by atoms with Crippen LogP contribution in [-0.2, 0) is 11.3 Å². The fraction of sp³-hybridized carbons (Fsp3) is 0.130. The van der Waals surface area contributed by atoms with E-state index in [2.05, 4.69) is 5.10 Å². The van der Waals surface area contributed by atoms with Gasteiger partial charge in [-0.15, -0.1) is 0 Å². The molecular weight excluding hydrogens is 386 g/mol. The molecule has 29 heavy (non-hydrogen) atoms. The summed E-state index contributed by atoms with van der Waals surface area (Å²) in [6.07, 6.45) is 3.63. The summed E-state index contributed by atoms with van der Waals surface area (Å²) >= 11 is 6.04. The van der Waals surface area contributed by atoms with Gasteiger partial charge in [-0.3, -0.25) is 4.79 Å². The van der Waals surface area contributed by atoms with Crippen LogP contribution in [0, 0.1) is 0 Å². The van der Waals surface area contributed by atoms with E-state index in [0.29, 0.717) is 17.3 Å². The van der Waals surface area contributed by atoms with Crippen LogP contribution in [0.15, 0.2) is 79.1 Å². The number of amides is 1. The Hall–Kier alpha value is -3.31.